The standard InChI is InChI=1S/C18H25N5O/c1-21(18(24)8-5-11-22-13-10-19-15-22)16-6-4-12-23(14-16)17-7-2-3-9-20-17/h2-3,7,9-10,13,15-16H,4-6,8,11-12,14H2,1H3. The number of hydrogen-bond acceptors (Lipinski definition) is 4. The molecule has 0 aliphatic carbocycles. The van der Waals surface area contributed by atoms with Gasteiger partial charge < -0.3 is 14.4 Å². The van der Waals surface area contributed by atoms with Gasteiger partial charge in [0.05, 0.1) is 6.33 Å². The Hall–Kier alpha value is -2.37. The van der Waals surface area contributed by atoms with Gasteiger partial charge in [-0.25, -0.2) is 9.97 Å². The first-order chi connectivity index (χ1) is 11.7. The predicted molar refractivity (Wildman–Crippen MR) is 93.7 cm³/mol. The molecular weight excluding hydrogens is 302 g/mol. The molecule has 0 aromatic carbocycles. The van der Waals surface area contributed by atoms with E-state index in [0.717, 1.165) is 44.7 Å². The minimum atomic E-state index is 0.225. The molecule has 6 heteroatoms. The number of piperidine rings is 1. The third kappa shape index (κ3) is 4.13. The molecule has 0 saturated carbocycles. The Morgan fingerprint density at radius 2 is 2.29 bits per heavy atom. The maximum atomic E-state index is 12.5. The van der Waals surface area contributed by atoms with Crippen molar-refractivity contribution in [3.63, 3.8) is 0 Å². The zero-order valence-corrected chi connectivity index (χ0v) is 14.2. The molecule has 0 N–H and O–H groups in total. The number of pyridine rings is 1. The number of nitrogens with zero attached hydrogens (tertiary/aromatic N) is 5. The summed E-state index contributed by atoms with van der Waals surface area (Å²) in [6, 6.07) is 6.24. The van der Waals surface area contributed by atoms with Crippen molar-refractivity contribution in [2.75, 3.05) is 25.0 Å². The zero-order chi connectivity index (χ0) is 16.8. The van der Waals surface area contributed by atoms with E-state index < -0.39 is 0 Å². The van der Waals surface area contributed by atoms with Gasteiger partial charge >= 0.3 is 0 Å². The van der Waals surface area contributed by atoms with E-state index in [0.29, 0.717) is 6.42 Å². The lowest BCUT2D eigenvalue weighted by Gasteiger charge is -2.38. The zero-order valence-electron chi connectivity index (χ0n) is 14.2. The van der Waals surface area contributed by atoms with Gasteiger partial charge in [0.15, 0.2) is 0 Å². The number of anilines is 1. The lowest BCUT2D eigenvalue weighted by Crippen LogP contribution is -2.48. The highest BCUT2D eigenvalue weighted by Crippen LogP contribution is 2.20. The van der Waals surface area contributed by atoms with E-state index in [-0.39, 0.29) is 11.9 Å². The topological polar surface area (TPSA) is 54.3 Å². The number of carbonyl (C=O) groups excluding carboxylic acids is 1. The van der Waals surface area contributed by atoms with Crippen LogP contribution < -0.4 is 4.90 Å². The Bertz CT molecular complexity index is 628. The number of rotatable bonds is 6. The van der Waals surface area contributed by atoms with Crippen LogP contribution >= 0.6 is 0 Å². The summed E-state index contributed by atoms with van der Waals surface area (Å²) in [6.07, 6.45) is 10.9. The number of aromatic nitrogens is 3. The fraction of sp³-hybridized carbons (Fsp3) is 0.500. The van der Waals surface area contributed by atoms with Crippen LogP contribution in [0.5, 0.6) is 0 Å². The Balaban J connectivity index is 1.50. The van der Waals surface area contributed by atoms with Gasteiger partial charge in [0.1, 0.15) is 5.82 Å². The second kappa shape index (κ2) is 7.95. The first-order valence-electron chi connectivity index (χ1n) is 8.61. The van der Waals surface area contributed by atoms with Crippen molar-refractivity contribution >= 4 is 11.7 Å². The van der Waals surface area contributed by atoms with Gasteiger partial charge in [-0.3, -0.25) is 4.79 Å². The van der Waals surface area contributed by atoms with Crippen molar-refractivity contribution < 1.29 is 4.79 Å². The van der Waals surface area contributed by atoms with Gasteiger partial charge in [0.25, 0.3) is 0 Å². The monoisotopic (exact) mass is 327 g/mol. The maximum absolute atomic E-state index is 12.5. The average molecular weight is 327 g/mol. The van der Waals surface area contributed by atoms with Crippen LogP contribution in [0, 0.1) is 0 Å². The Labute approximate surface area is 143 Å². The molecule has 0 radical (unpaired) electrons. The Kier molecular flexibility index (Phi) is 5.46. The largest absolute Gasteiger partial charge is 0.355 e. The number of amides is 1. The van der Waals surface area contributed by atoms with Gasteiger partial charge in [0.2, 0.25) is 5.91 Å². The SMILES string of the molecule is CN(C(=O)CCCn1ccnc1)C1CCCN(c2ccccn2)C1. The smallest absolute Gasteiger partial charge is 0.222 e. The fourth-order valence-corrected chi connectivity index (χ4v) is 3.23. The quantitative estimate of drug-likeness (QED) is 0.816. The predicted octanol–water partition coefficient (Wildman–Crippen LogP) is 2.19. The van der Waals surface area contributed by atoms with Crippen molar-refractivity contribution in [1.29, 1.82) is 0 Å². The molecule has 1 fully saturated rings. The van der Waals surface area contributed by atoms with E-state index in [1.165, 1.54) is 0 Å². The summed E-state index contributed by atoms with van der Waals surface area (Å²) < 4.78 is 2.01. The summed E-state index contributed by atoms with van der Waals surface area (Å²) in [5.74, 6) is 1.23. The van der Waals surface area contributed by atoms with Crippen molar-refractivity contribution in [2.24, 2.45) is 0 Å². The van der Waals surface area contributed by atoms with E-state index in [1.54, 1.807) is 12.5 Å². The van der Waals surface area contributed by atoms with Crippen molar-refractivity contribution in [3.05, 3.63) is 43.1 Å². The molecule has 1 aliphatic rings. The molecule has 0 bridgehead atoms. The second-order valence-corrected chi connectivity index (χ2v) is 6.34. The van der Waals surface area contributed by atoms with E-state index in [2.05, 4.69) is 14.9 Å². The highest BCUT2D eigenvalue weighted by molar-refractivity contribution is 5.76. The molecular formula is C18H25N5O. The Morgan fingerprint density at radius 3 is 3.04 bits per heavy atom. The van der Waals surface area contributed by atoms with Crippen LogP contribution in [-0.4, -0.2) is 51.5 Å². The summed E-state index contributed by atoms with van der Waals surface area (Å²) >= 11 is 0. The molecule has 0 spiro atoms. The minimum Gasteiger partial charge on any atom is -0.355 e. The molecule has 1 aliphatic heterocycles. The van der Waals surface area contributed by atoms with Crippen LogP contribution in [0.2, 0.25) is 0 Å². The summed E-state index contributed by atoms with van der Waals surface area (Å²) in [5, 5.41) is 0. The second-order valence-electron chi connectivity index (χ2n) is 6.34. The van der Waals surface area contributed by atoms with Gasteiger partial charge in [-0.15, -0.1) is 0 Å². The van der Waals surface area contributed by atoms with E-state index in [9.17, 15) is 4.79 Å². The van der Waals surface area contributed by atoms with E-state index in [1.807, 2.05) is 47.1 Å². The third-order valence-corrected chi connectivity index (χ3v) is 4.68. The number of aryl methyl sites for hydroxylation is 1. The summed E-state index contributed by atoms with van der Waals surface area (Å²) in [7, 11) is 1.94. The van der Waals surface area contributed by atoms with Crippen LogP contribution in [0.4, 0.5) is 5.82 Å². The van der Waals surface area contributed by atoms with Crippen LogP contribution in [0.1, 0.15) is 25.7 Å². The number of hydrogen-bond donors (Lipinski definition) is 0. The maximum Gasteiger partial charge on any atom is 0.222 e. The first kappa shape index (κ1) is 16.5. The van der Waals surface area contributed by atoms with Gasteiger partial charge in [-0.2, -0.15) is 0 Å². The summed E-state index contributed by atoms with van der Waals surface area (Å²) in [5.41, 5.74) is 0. The molecule has 3 rings (SSSR count). The fourth-order valence-electron chi connectivity index (χ4n) is 3.23. The van der Waals surface area contributed by atoms with Crippen molar-refractivity contribution in [3.8, 4) is 0 Å². The number of carbonyl (C=O) groups is 1. The molecule has 1 atom stereocenters. The minimum absolute atomic E-state index is 0.225. The summed E-state index contributed by atoms with van der Waals surface area (Å²) in [6.45, 7) is 2.71. The van der Waals surface area contributed by atoms with Gasteiger partial charge in [-0.05, 0) is 31.4 Å². The number of likely N-dealkylation sites (N-methyl/N-ethyl adjacent to an activating group) is 1. The molecule has 6 nitrogen and oxygen atoms in total. The van der Waals surface area contributed by atoms with Crippen molar-refractivity contribution in [1.82, 2.24) is 19.4 Å². The van der Waals surface area contributed by atoms with Crippen molar-refractivity contribution in [2.45, 2.75) is 38.3 Å². The van der Waals surface area contributed by atoms with Crippen LogP contribution in [-0.2, 0) is 11.3 Å². The van der Waals surface area contributed by atoms with E-state index >= 15 is 0 Å². The van der Waals surface area contributed by atoms with Crippen LogP contribution in [0.15, 0.2) is 43.1 Å². The first-order valence-corrected chi connectivity index (χ1v) is 8.61. The third-order valence-electron chi connectivity index (χ3n) is 4.68. The molecule has 1 saturated heterocycles. The molecule has 2 aromatic rings. The summed E-state index contributed by atoms with van der Waals surface area (Å²) in [4.78, 5) is 25.2. The molecule has 1 unspecified atom stereocenters. The highest BCUT2D eigenvalue weighted by Gasteiger charge is 2.26. The molecule has 1 amide bonds. The molecule has 2 aromatic heterocycles. The average Bonchev–Trinajstić information content (AvgIpc) is 3.15. The highest BCUT2D eigenvalue weighted by atomic mass is 16.2. The Morgan fingerprint density at radius 1 is 1.38 bits per heavy atom. The lowest BCUT2D eigenvalue weighted by molar-refractivity contribution is -0.132. The van der Waals surface area contributed by atoms with Gasteiger partial charge in [0, 0.05) is 57.7 Å². The number of imidazole rings is 1. The van der Waals surface area contributed by atoms with Crippen LogP contribution in [0.3, 0.4) is 0 Å². The van der Waals surface area contributed by atoms with E-state index in [4.69, 9.17) is 0 Å². The van der Waals surface area contributed by atoms with Crippen LogP contribution in [0.25, 0.3) is 0 Å². The molecule has 3 heterocycles. The molecule has 128 valence electrons. The molecule has 24 heavy (non-hydrogen) atoms. The van der Waals surface area contributed by atoms with Gasteiger partial charge in [-0.1, -0.05) is 6.07 Å². The normalized spacial score (nSPS) is 17.7. The lowest BCUT2D eigenvalue weighted by atomic mass is 10.0.